The van der Waals surface area contributed by atoms with E-state index in [4.69, 9.17) is 21.6 Å². The first-order valence-corrected chi connectivity index (χ1v) is 6.05. The minimum Gasteiger partial charge on any atom is -0.377 e. The van der Waals surface area contributed by atoms with Gasteiger partial charge in [-0.25, -0.2) is 0 Å². The molecule has 1 aliphatic heterocycles. The Labute approximate surface area is 107 Å². The lowest BCUT2D eigenvalue weighted by atomic mass is 10.1. The zero-order valence-corrected chi connectivity index (χ0v) is 10.6. The lowest BCUT2D eigenvalue weighted by molar-refractivity contribution is 0.00881. The van der Waals surface area contributed by atoms with Crippen molar-refractivity contribution in [2.75, 3.05) is 19.8 Å². The van der Waals surface area contributed by atoms with Gasteiger partial charge in [-0.1, -0.05) is 17.7 Å². The monoisotopic (exact) mass is 250 g/mol. The van der Waals surface area contributed by atoms with E-state index in [1.165, 1.54) is 11.1 Å². The Bertz CT molecular complexity index is 442. The fourth-order valence-corrected chi connectivity index (χ4v) is 2.23. The van der Waals surface area contributed by atoms with Crippen molar-refractivity contribution in [2.45, 2.75) is 19.5 Å². The van der Waals surface area contributed by atoms with Gasteiger partial charge in [0.05, 0.1) is 19.3 Å². The van der Waals surface area contributed by atoms with Crippen LogP contribution in [0.3, 0.4) is 0 Å². The van der Waals surface area contributed by atoms with Crippen LogP contribution in [0.25, 0.3) is 0 Å². The van der Waals surface area contributed by atoms with Gasteiger partial charge in [0.1, 0.15) is 6.04 Å². The standard InChI is InChI=1S/C13H15ClN2O/c1-10-6-12(14)3-2-11(10)8-16-4-5-17-9-13(16)7-15/h2-3,6,13H,4-5,8-9H2,1H3. The van der Waals surface area contributed by atoms with E-state index in [9.17, 15) is 0 Å². The normalized spacial score (nSPS) is 21.1. The van der Waals surface area contributed by atoms with Crippen LogP contribution >= 0.6 is 11.6 Å². The molecule has 3 nitrogen and oxygen atoms in total. The van der Waals surface area contributed by atoms with Crippen LogP contribution in [0.4, 0.5) is 0 Å². The van der Waals surface area contributed by atoms with Crippen molar-refractivity contribution >= 4 is 11.6 Å². The second-order valence-electron chi connectivity index (χ2n) is 4.26. The van der Waals surface area contributed by atoms with Crippen molar-refractivity contribution in [3.8, 4) is 6.07 Å². The quantitative estimate of drug-likeness (QED) is 0.809. The number of hydrogen-bond acceptors (Lipinski definition) is 3. The summed E-state index contributed by atoms with van der Waals surface area (Å²) >= 11 is 5.93. The van der Waals surface area contributed by atoms with E-state index in [-0.39, 0.29) is 6.04 Å². The molecule has 1 aromatic rings. The van der Waals surface area contributed by atoms with Crippen molar-refractivity contribution in [1.82, 2.24) is 4.90 Å². The van der Waals surface area contributed by atoms with Crippen LogP contribution in [-0.4, -0.2) is 30.7 Å². The van der Waals surface area contributed by atoms with Crippen LogP contribution in [0.5, 0.6) is 0 Å². The summed E-state index contributed by atoms with van der Waals surface area (Å²) in [4.78, 5) is 2.15. The average Bonchev–Trinajstić information content (AvgIpc) is 2.33. The van der Waals surface area contributed by atoms with Gasteiger partial charge in [-0.05, 0) is 30.2 Å². The van der Waals surface area contributed by atoms with E-state index in [1.54, 1.807) is 0 Å². The van der Waals surface area contributed by atoms with E-state index < -0.39 is 0 Å². The molecule has 0 saturated carbocycles. The van der Waals surface area contributed by atoms with E-state index >= 15 is 0 Å². The van der Waals surface area contributed by atoms with Gasteiger partial charge in [-0.2, -0.15) is 5.26 Å². The van der Waals surface area contributed by atoms with Gasteiger partial charge >= 0.3 is 0 Å². The van der Waals surface area contributed by atoms with Gasteiger partial charge < -0.3 is 4.74 Å². The van der Waals surface area contributed by atoms with Crippen molar-refractivity contribution in [2.24, 2.45) is 0 Å². The zero-order chi connectivity index (χ0) is 12.3. The Morgan fingerprint density at radius 3 is 3.12 bits per heavy atom. The summed E-state index contributed by atoms with van der Waals surface area (Å²) < 4.78 is 5.31. The summed E-state index contributed by atoms with van der Waals surface area (Å²) in [5, 5.41) is 9.81. The van der Waals surface area contributed by atoms with Crippen LogP contribution in [0.15, 0.2) is 18.2 Å². The van der Waals surface area contributed by atoms with Crippen molar-refractivity contribution < 1.29 is 4.74 Å². The third kappa shape index (κ3) is 2.98. The summed E-state index contributed by atoms with van der Waals surface area (Å²) in [5.74, 6) is 0. The van der Waals surface area contributed by atoms with E-state index in [1.807, 2.05) is 25.1 Å². The van der Waals surface area contributed by atoms with Crippen molar-refractivity contribution in [3.63, 3.8) is 0 Å². The van der Waals surface area contributed by atoms with E-state index in [0.29, 0.717) is 13.2 Å². The highest BCUT2D eigenvalue weighted by atomic mass is 35.5. The summed E-state index contributed by atoms with van der Waals surface area (Å²) in [7, 11) is 0. The summed E-state index contributed by atoms with van der Waals surface area (Å²) in [6.07, 6.45) is 0. The Morgan fingerprint density at radius 2 is 2.41 bits per heavy atom. The van der Waals surface area contributed by atoms with Crippen LogP contribution in [0, 0.1) is 18.3 Å². The van der Waals surface area contributed by atoms with Gasteiger partial charge in [-0.3, -0.25) is 4.90 Å². The lowest BCUT2D eigenvalue weighted by Gasteiger charge is -2.31. The largest absolute Gasteiger partial charge is 0.377 e. The number of aryl methyl sites for hydroxylation is 1. The molecule has 1 aliphatic rings. The minimum atomic E-state index is -0.140. The highest BCUT2D eigenvalue weighted by Crippen LogP contribution is 2.18. The number of hydrogen-bond donors (Lipinski definition) is 0. The predicted molar refractivity (Wildman–Crippen MR) is 66.8 cm³/mol. The Balaban J connectivity index is 2.11. The molecule has 0 N–H and O–H groups in total. The molecule has 0 aromatic heterocycles. The molecule has 1 fully saturated rings. The predicted octanol–water partition coefficient (Wildman–Crippen LogP) is 2.37. The Hall–Kier alpha value is -1.08. The molecule has 1 unspecified atom stereocenters. The molecule has 4 heteroatoms. The van der Waals surface area contributed by atoms with Crippen LogP contribution in [-0.2, 0) is 11.3 Å². The SMILES string of the molecule is Cc1cc(Cl)ccc1CN1CCOCC1C#N. The van der Waals surface area contributed by atoms with Gasteiger partial charge in [0.15, 0.2) is 0 Å². The summed E-state index contributed by atoms with van der Waals surface area (Å²) in [6, 6.07) is 8.02. The highest BCUT2D eigenvalue weighted by molar-refractivity contribution is 6.30. The molecule has 2 rings (SSSR count). The number of morpholine rings is 1. The maximum Gasteiger partial charge on any atom is 0.122 e. The first kappa shape index (κ1) is 12.4. The molecule has 0 radical (unpaired) electrons. The number of rotatable bonds is 2. The molecule has 1 heterocycles. The first-order valence-electron chi connectivity index (χ1n) is 5.67. The van der Waals surface area contributed by atoms with Crippen molar-refractivity contribution in [1.29, 1.82) is 5.26 Å². The number of benzene rings is 1. The second kappa shape index (κ2) is 5.50. The fourth-order valence-electron chi connectivity index (χ4n) is 2.00. The number of ether oxygens (including phenoxy) is 1. The smallest absolute Gasteiger partial charge is 0.122 e. The van der Waals surface area contributed by atoms with E-state index in [2.05, 4.69) is 11.0 Å². The number of nitrogens with zero attached hydrogens (tertiary/aromatic N) is 2. The maximum atomic E-state index is 9.06. The van der Waals surface area contributed by atoms with E-state index in [0.717, 1.165) is 18.1 Å². The Morgan fingerprint density at radius 1 is 1.59 bits per heavy atom. The molecule has 0 bridgehead atoms. The van der Waals surface area contributed by atoms with Crippen molar-refractivity contribution in [3.05, 3.63) is 34.3 Å². The molecule has 0 aliphatic carbocycles. The number of halogens is 1. The van der Waals surface area contributed by atoms with Crippen LogP contribution < -0.4 is 0 Å². The molecule has 1 saturated heterocycles. The molecule has 90 valence electrons. The van der Waals surface area contributed by atoms with Gasteiger partial charge in [0.25, 0.3) is 0 Å². The fraction of sp³-hybridized carbons (Fsp3) is 0.462. The summed E-state index contributed by atoms with van der Waals surface area (Å²) in [6.45, 7) is 4.84. The molecule has 0 spiro atoms. The minimum absolute atomic E-state index is 0.140. The molecular weight excluding hydrogens is 236 g/mol. The van der Waals surface area contributed by atoms with Gasteiger partial charge in [0, 0.05) is 18.1 Å². The maximum absolute atomic E-state index is 9.06. The third-order valence-electron chi connectivity index (χ3n) is 3.07. The third-order valence-corrected chi connectivity index (χ3v) is 3.30. The number of nitriles is 1. The second-order valence-corrected chi connectivity index (χ2v) is 4.70. The Kier molecular flexibility index (Phi) is 4.01. The van der Waals surface area contributed by atoms with Crippen LogP contribution in [0.2, 0.25) is 5.02 Å². The van der Waals surface area contributed by atoms with Gasteiger partial charge in [-0.15, -0.1) is 0 Å². The zero-order valence-electron chi connectivity index (χ0n) is 9.82. The lowest BCUT2D eigenvalue weighted by Crippen LogP contribution is -2.44. The first-order chi connectivity index (χ1) is 8.20. The molecular formula is C13H15ClN2O. The molecule has 1 aromatic carbocycles. The highest BCUT2D eigenvalue weighted by Gasteiger charge is 2.22. The topological polar surface area (TPSA) is 36.3 Å². The molecule has 17 heavy (non-hydrogen) atoms. The molecule has 1 atom stereocenters. The molecule has 0 amide bonds. The average molecular weight is 251 g/mol. The van der Waals surface area contributed by atoms with Crippen LogP contribution in [0.1, 0.15) is 11.1 Å². The summed E-state index contributed by atoms with van der Waals surface area (Å²) in [5.41, 5.74) is 2.39. The van der Waals surface area contributed by atoms with Gasteiger partial charge in [0.2, 0.25) is 0 Å².